The summed E-state index contributed by atoms with van der Waals surface area (Å²) in [4.78, 5) is 15.0. The van der Waals surface area contributed by atoms with E-state index in [9.17, 15) is 13.2 Å². The summed E-state index contributed by atoms with van der Waals surface area (Å²) in [6, 6.07) is 11.8. The molecule has 8 heteroatoms. The highest BCUT2D eigenvalue weighted by molar-refractivity contribution is 7.91. The molecule has 0 saturated carbocycles. The first-order chi connectivity index (χ1) is 14.1. The van der Waals surface area contributed by atoms with E-state index in [-0.39, 0.29) is 18.4 Å². The summed E-state index contributed by atoms with van der Waals surface area (Å²) < 4.78 is 27.3. The average Bonchev–Trinajstić information content (AvgIpc) is 3.42. The third kappa shape index (κ3) is 4.49. The predicted octanol–water partition coefficient (Wildman–Crippen LogP) is 2.72. The highest BCUT2D eigenvalue weighted by atomic mass is 32.2. The molecule has 2 aromatic rings. The minimum Gasteiger partial charge on any atom is -0.371 e. The van der Waals surface area contributed by atoms with Gasteiger partial charge in [0.1, 0.15) is 4.21 Å². The van der Waals surface area contributed by atoms with Crippen molar-refractivity contribution in [3.8, 4) is 0 Å². The van der Waals surface area contributed by atoms with Crippen LogP contribution in [-0.4, -0.2) is 51.4 Å². The summed E-state index contributed by atoms with van der Waals surface area (Å²) in [5.41, 5.74) is 2.70. The van der Waals surface area contributed by atoms with Crippen LogP contribution in [0, 0.1) is 5.92 Å². The number of nitrogens with zero attached hydrogens (tertiary/aromatic N) is 2. The highest BCUT2D eigenvalue weighted by Crippen LogP contribution is 2.28. The number of thiophene rings is 1. The minimum absolute atomic E-state index is 0.0297. The lowest BCUT2D eigenvalue weighted by atomic mass is 9.99. The second kappa shape index (κ2) is 8.85. The summed E-state index contributed by atoms with van der Waals surface area (Å²) in [6.07, 6.45) is 3.41. The first-order valence-corrected chi connectivity index (χ1v) is 12.5. The van der Waals surface area contributed by atoms with E-state index < -0.39 is 10.0 Å². The lowest BCUT2D eigenvalue weighted by molar-refractivity contribution is -0.126. The fraction of sp³-hybridized carbons (Fsp3) is 0.476. The molecule has 0 spiro atoms. The van der Waals surface area contributed by atoms with Gasteiger partial charge >= 0.3 is 0 Å². The quantitative estimate of drug-likeness (QED) is 0.682. The zero-order valence-electron chi connectivity index (χ0n) is 16.4. The van der Waals surface area contributed by atoms with Crippen molar-refractivity contribution < 1.29 is 13.2 Å². The number of anilines is 1. The van der Waals surface area contributed by atoms with Crippen LogP contribution in [0.4, 0.5) is 5.69 Å². The number of fused-ring (bicyclic) bond motifs is 1. The van der Waals surface area contributed by atoms with Crippen molar-refractivity contribution >= 4 is 33.0 Å². The molecule has 6 nitrogen and oxygen atoms in total. The van der Waals surface area contributed by atoms with E-state index in [1.807, 2.05) is 0 Å². The van der Waals surface area contributed by atoms with Gasteiger partial charge in [-0.15, -0.1) is 11.3 Å². The summed E-state index contributed by atoms with van der Waals surface area (Å²) in [7, 11) is -3.48. The van der Waals surface area contributed by atoms with E-state index in [4.69, 9.17) is 0 Å². The van der Waals surface area contributed by atoms with Gasteiger partial charge in [0.05, 0.1) is 5.92 Å². The van der Waals surface area contributed by atoms with Crippen LogP contribution in [0.5, 0.6) is 0 Å². The fourth-order valence-corrected chi connectivity index (χ4v) is 6.85. The molecule has 0 unspecified atom stereocenters. The van der Waals surface area contributed by atoms with E-state index >= 15 is 0 Å². The van der Waals surface area contributed by atoms with Crippen molar-refractivity contribution in [3.63, 3.8) is 0 Å². The highest BCUT2D eigenvalue weighted by Gasteiger charge is 2.33. The van der Waals surface area contributed by atoms with Gasteiger partial charge < -0.3 is 10.2 Å². The number of amides is 1. The zero-order valence-corrected chi connectivity index (χ0v) is 18.1. The van der Waals surface area contributed by atoms with E-state index in [1.54, 1.807) is 17.5 Å². The molecule has 4 rings (SSSR count). The number of piperidine rings is 1. The van der Waals surface area contributed by atoms with Gasteiger partial charge in [-0.1, -0.05) is 24.3 Å². The maximum absolute atomic E-state index is 12.7. The lowest BCUT2D eigenvalue weighted by Gasteiger charge is -2.30. The molecule has 1 amide bonds. The second-order valence-electron chi connectivity index (χ2n) is 7.64. The number of carbonyl (C=O) groups excluding carboxylic acids is 1. The van der Waals surface area contributed by atoms with E-state index in [1.165, 1.54) is 26.9 Å². The van der Waals surface area contributed by atoms with Crippen molar-refractivity contribution in [2.24, 2.45) is 5.92 Å². The summed E-state index contributed by atoms with van der Waals surface area (Å²) in [6.45, 7) is 3.32. The van der Waals surface area contributed by atoms with Crippen molar-refractivity contribution in [1.29, 1.82) is 0 Å². The van der Waals surface area contributed by atoms with Crippen LogP contribution in [0.15, 0.2) is 46.0 Å². The predicted molar refractivity (Wildman–Crippen MR) is 116 cm³/mol. The van der Waals surface area contributed by atoms with Crippen molar-refractivity contribution in [3.05, 3.63) is 47.3 Å². The van der Waals surface area contributed by atoms with Crippen LogP contribution in [-0.2, 0) is 21.2 Å². The summed E-state index contributed by atoms with van der Waals surface area (Å²) in [5.74, 6) is -0.302. The summed E-state index contributed by atoms with van der Waals surface area (Å²) in [5, 5.41) is 4.79. The summed E-state index contributed by atoms with van der Waals surface area (Å²) >= 11 is 1.22. The second-order valence-corrected chi connectivity index (χ2v) is 10.8. The smallest absolute Gasteiger partial charge is 0.252 e. The average molecular weight is 434 g/mol. The Labute approximate surface area is 176 Å². The van der Waals surface area contributed by atoms with Crippen molar-refractivity contribution in [2.75, 3.05) is 37.6 Å². The largest absolute Gasteiger partial charge is 0.371 e. The third-order valence-electron chi connectivity index (χ3n) is 5.73. The standard InChI is InChI=1S/C21H27N3O3S2/c25-21(22-11-5-12-23-14-10-17-6-1-2-8-19(17)23)18-7-3-13-24(16-18)29(26,27)20-9-4-15-28-20/h1-2,4,6,8-9,15,18H,3,5,7,10-14,16H2,(H,22,25)/t18-/m1/s1. The van der Waals surface area contributed by atoms with Gasteiger partial charge in [0.25, 0.3) is 10.0 Å². The molecule has 1 atom stereocenters. The number of rotatable bonds is 7. The SMILES string of the molecule is O=C(NCCCN1CCc2ccccc21)[C@@H]1CCCN(S(=O)(=O)c2cccs2)C1. The number of carbonyl (C=O) groups is 1. The molecule has 3 heterocycles. The van der Waals surface area contributed by atoms with E-state index in [0.717, 1.165) is 32.4 Å². The Balaban J connectivity index is 1.25. The van der Waals surface area contributed by atoms with Crippen LogP contribution >= 0.6 is 11.3 Å². The molecule has 29 heavy (non-hydrogen) atoms. The molecule has 1 saturated heterocycles. The molecule has 1 aromatic heterocycles. The minimum atomic E-state index is -3.48. The van der Waals surface area contributed by atoms with E-state index in [2.05, 4.69) is 34.5 Å². The van der Waals surface area contributed by atoms with Gasteiger partial charge in [-0.2, -0.15) is 4.31 Å². The molecule has 1 N–H and O–H groups in total. The monoisotopic (exact) mass is 433 g/mol. The third-order valence-corrected chi connectivity index (χ3v) is 8.97. The van der Waals surface area contributed by atoms with Gasteiger partial charge in [0, 0.05) is 38.4 Å². The normalized spacial score (nSPS) is 19.9. The van der Waals surface area contributed by atoms with E-state index in [0.29, 0.717) is 23.7 Å². The molecule has 1 aromatic carbocycles. The first kappa shape index (κ1) is 20.4. The Hall–Kier alpha value is -1.90. The molecule has 2 aliphatic rings. The fourth-order valence-electron chi connectivity index (χ4n) is 4.18. The Morgan fingerprint density at radius 2 is 2.03 bits per heavy atom. The first-order valence-electron chi connectivity index (χ1n) is 10.2. The Kier molecular flexibility index (Phi) is 6.22. The van der Waals surface area contributed by atoms with Crippen LogP contribution in [0.3, 0.4) is 0 Å². The van der Waals surface area contributed by atoms with Gasteiger partial charge in [0.15, 0.2) is 0 Å². The van der Waals surface area contributed by atoms with Gasteiger partial charge in [-0.25, -0.2) is 8.42 Å². The molecule has 0 bridgehead atoms. The van der Waals surface area contributed by atoms with Crippen LogP contribution < -0.4 is 10.2 Å². The topological polar surface area (TPSA) is 69.7 Å². The molecular weight excluding hydrogens is 406 g/mol. The number of benzene rings is 1. The molecular formula is C21H27N3O3S2. The maximum atomic E-state index is 12.7. The number of para-hydroxylation sites is 1. The molecule has 0 aliphatic carbocycles. The number of nitrogens with one attached hydrogen (secondary N) is 1. The van der Waals surface area contributed by atoms with Crippen molar-refractivity contribution in [1.82, 2.24) is 9.62 Å². The van der Waals surface area contributed by atoms with Crippen LogP contribution in [0.2, 0.25) is 0 Å². The number of sulfonamides is 1. The van der Waals surface area contributed by atoms with Crippen LogP contribution in [0.25, 0.3) is 0 Å². The van der Waals surface area contributed by atoms with Gasteiger partial charge in [-0.3, -0.25) is 4.79 Å². The molecule has 156 valence electrons. The number of hydrogen-bond acceptors (Lipinski definition) is 5. The number of hydrogen-bond donors (Lipinski definition) is 1. The van der Waals surface area contributed by atoms with Crippen LogP contribution in [0.1, 0.15) is 24.8 Å². The Morgan fingerprint density at radius 3 is 2.86 bits per heavy atom. The molecule has 0 radical (unpaired) electrons. The molecule has 2 aliphatic heterocycles. The van der Waals surface area contributed by atoms with Gasteiger partial charge in [-0.05, 0) is 48.8 Å². The maximum Gasteiger partial charge on any atom is 0.252 e. The Morgan fingerprint density at radius 1 is 1.17 bits per heavy atom. The van der Waals surface area contributed by atoms with Gasteiger partial charge in [0.2, 0.25) is 5.91 Å². The lowest BCUT2D eigenvalue weighted by Crippen LogP contribution is -2.45. The van der Waals surface area contributed by atoms with Crippen molar-refractivity contribution in [2.45, 2.75) is 29.9 Å². The Bertz CT molecular complexity index is 944. The molecule has 1 fully saturated rings. The zero-order chi connectivity index (χ0) is 20.3.